The number of nitrogens with zero attached hydrogens (tertiary/aromatic N) is 1. The summed E-state index contributed by atoms with van der Waals surface area (Å²) in [6.45, 7) is -0.475. The Morgan fingerprint density at radius 3 is 2.85 bits per heavy atom. The number of nitriles is 1. The first kappa shape index (κ1) is 18.3. The van der Waals surface area contributed by atoms with Crippen molar-refractivity contribution in [2.75, 3.05) is 18.2 Å². The van der Waals surface area contributed by atoms with Gasteiger partial charge in [0.05, 0.1) is 26.8 Å². The lowest BCUT2D eigenvalue weighted by atomic mass is 10.1. The number of hydrogen-bond donors (Lipinski definition) is 1. The predicted molar refractivity (Wildman–Crippen MR) is 98.7 cm³/mol. The molecule has 0 radical (unpaired) electrons. The normalized spacial score (nSPS) is 13.5. The van der Waals surface area contributed by atoms with Gasteiger partial charge in [-0.2, -0.15) is 5.26 Å². The number of benzene rings is 1. The van der Waals surface area contributed by atoms with E-state index in [4.69, 9.17) is 4.74 Å². The number of amides is 1. The zero-order chi connectivity index (χ0) is 18.7. The molecule has 0 fully saturated rings. The minimum atomic E-state index is -1.34. The summed E-state index contributed by atoms with van der Waals surface area (Å²) >= 11 is 1.40. The Hall–Kier alpha value is -2.50. The smallest absolute Gasteiger partial charge is 0.339 e. The number of rotatable bonds is 5. The number of anilines is 1. The van der Waals surface area contributed by atoms with Crippen molar-refractivity contribution in [1.29, 1.82) is 5.26 Å². The van der Waals surface area contributed by atoms with Crippen molar-refractivity contribution >= 4 is 39.0 Å². The molecule has 0 saturated carbocycles. The summed E-state index contributed by atoms with van der Waals surface area (Å²) in [5.41, 5.74) is 1.70. The van der Waals surface area contributed by atoms with E-state index in [2.05, 4.69) is 11.4 Å². The highest BCUT2D eigenvalue weighted by Crippen LogP contribution is 2.38. The van der Waals surface area contributed by atoms with Gasteiger partial charge in [0.15, 0.2) is 6.61 Å². The molecule has 1 heterocycles. The Balaban J connectivity index is 1.64. The van der Waals surface area contributed by atoms with Gasteiger partial charge in [-0.1, -0.05) is 12.1 Å². The summed E-state index contributed by atoms with van der Waals surface area (Å²) in [4.78, 5) is 25.8. The summed E-state index contributed by atoms with van der Waals surface area (Å²) in [6, 6.07) is 8.56. The second-order valence-electron chi connectivity index (χ2n) is 5.75. The number of ether oxygens (including phenoxy) is 1. The first-order chi connectivity index (χ1) is 12.5. The number of thiophene rings is 1. The van der Waals surface area contributed by atoms with E-state index >= 15 is 0 Å². The van der Waals surface area contributed by atoms with Crippen LogP contribution in [0.3, 0.4) is 0 Å². The monoisotopic (exact) mass is 388 g/mol. The molecule has 1 amide bonds. The lowest BCUT2D eigenvalue weighted by Gasteiger charge is -2.08. The van der Waals surface area contributed by atoms with E-state index in [-0.39, 0.29) is 5.56 Å². The molecule has 1 N–H and O–H groups in total. The van der Waals surface area contributed by atoms with Crippen LogP contribution in [0, 0.1) is 11.3 Å². The van der Waals surface area contributed by atoms with Crippen LogP contribution in [-0.2, 0) is 33.2 Å². The van der Waals surface area contributed by atoms with Crippen LogP contribution in [0.5, 0.6) is 0 Å². The van der Waals surface area contributed by atoms with Gasteiger partial charge in [0.1, 0.15) is 11.1 Å². The molecule has 2 aromatic rings. The zero-order valence-electron chi connectivity index (χ0n) is 14.0. The lowest BCUT2D eigenvalue weighted by Crippen LogP contribution is -2.21. The molecular weight excluding hydrogens is 372 g/mol. The maximum absolute atomic E-state index is 12.2. The fourth-order valence-corrected chi connectivity index (χ4v) is 4.86. The van der Waals surface area contributed by atoms with E-state index in [0.717, 1.165) is 29.7 Å². The Bertz CT molecular complexity index is 943. The number of nitrogens with one attached hydrogen (secondary N) is 1. The summed E-state index contributed by atoms with van der Waals surface area (Å²) in [5, 5.41) is 12.5. The van der Waals surface area contributed by atoms with Crippen LogP contribution >= 0.6 is 11.3 Å². The molecule has 0 spiro atoms. The largest absolute Gasteiger partial charge is 0.452 e. The number of aryl methyl sites for hydroxylation is 1. The fourth-order valence-electron chi connectivity index (χ4n) is 2.87. The summed E-state index contributed by atoms with van der Waals surface area (Å²) in [6.07, 6.45) is 4.27. The third kappa shape index (κ3) is 3.69. The van der Waals surface area contributed by atoms with Gasteiger partial charge in [-0.05, 0) is 37.0 Å². The Labute approximate surface area is 157 Å². The average Bonchev–Trinajstić information content (AvgIpc) is 3.20. The maximum atomic E-state index is 12.2. The molecule has 0 saturated heterocycles. The minimum Gasteiger partial charge on any atom is -0.452 e. The Kier molecular flexibility index (Phi) is 5.49. The van der Waals surface area contributed by atoms with E-state index in [1.807, 2.05) is 0 Å². The van der Waals surface area contributed by atoms with E-state index < -0.39 is 29.3 Å². The molecule has 0 bridgehead atoms. The summed E-state index contributed by atoms with van der Waals surface area (Å²) < 4.78 is 16.7. The van der Waals surface area contributed by atoms with Gasteiger partial charge in [0.2, 0.25) is 0 Å². The van der Waals surface area contributed by atoms with Crippen LogP contribution in [0.1, 0.15) is 32.8 Å². The molecule has 26 heavy (non-hydrogen) atoms. The molecule has 0 unspecified atom stereocenters. The SMILES string of the molecule is C[S@@](=O)c1ccccc1C(=O)OCC(=O)Nc1sc2c(c1C#N)CCC2. The number of carbonyl (C=O) groups is 2. The first-order valence-electron chi connectivity index (χ1n) is 7.95. The van der Waals surface area contributed by atoms with Crippen molar-refractivity contribution < 1.29 is 18.5 Å². The molecule has 1 aromatic carbocycles. The predicted octanol–water partition coefficient (Wildman–Crippen LogP) is 2.64. The van der Waals surface area contributed by atoms with Crippen molar-refractivity contribution in [3.05, 3.63) is 45.8 Å². The highest BCUT2D eigenvalue weighted by molar-refractivity contribution is 7.84. The first-order valence-corrected chi connectivity index (χ1v) is 10.3. The topological polar surface area (TPSA) is 96.3 Å². The van der Waals surface area contributed by atoms with E-state index in [9.17, 15) is 19.1 Å². The van der Waals surface area contributed by atoms with E-state index in [1.54, 1.807) is 18.2 Å². The van der Waals surface area contributed by atoms with Crippen LogP contribution in [0.2, 0.25) is 0 Å². The summed E-state index contributed by atoms with van der Waals surface area (Å²) in [7, 11) is -1.34. The minimum absolute atomic E-state index is 0.175. The molecule has 134 valence electrons. The van der Waals surface area contributed by atoms with E-state index in [0.29, 0.717) is 15.5 Å². The van der Waals surface area contributed by atoms with Gasteiger partial charge in [0.25, 0.3) is 5.91 Å². The van der Waals surface area contributed by atoms with Crippen LogP contribution in [-0.4, -0.2) is 28.9 Å². The number of esters is 1. The van der Waals surface area contributed by atoms with E-state index in [1.165, 1.54) is 23.7 Å². The van der Waals surface area contributed by atoms with Crippen LogP contribution in [0.15, 0.2) is 29.2 Å². The van der Waals surface area contributed by atoms with Crippen molar-refractivity contribution in [3.63, 3.8) is 0 Å². The second-order valence-corrected chi connectivity index (χ2v) is 8.20. The molecule has 1 aliphatic rings. The third-order valence-corrected chi connectivity index (χ3v) is 6.22. The third-order valence-electron chi connectivity index (χ3n) is 4.04. The Morgan fingerprint density at radius 2 is 2.12 bits per heavy atom. The number of carbonyl (C=O) groups excluding carboxylic acids is 2. The molecule has 6 nitrogen and oxygen atoms in total. The van der Waals surface area contributed by atoms with Gasteiger partial charge >= 0.3 is 5.97 Å². The Morgan fingerprint density at radius 1 is 1.35 bits per heavy atom. The average molecular weight is 388 g/mol. The molecular formula is C18H16N2O4S2. The van der Waals surface area contributed by atoms with Crippen molar-refractivity contribution in [2.24, 2.45) is 0 Å². The zero-order valence-corrected chi connectivity index (χ0v) is 15.7. The van der Waals surface area contributed by atoms with Gasteiger partial charge in [-0.3, -0.25) is 9.00 Å². The van der Waals surface area contributed by atoms with Crippen molar-refractivity contribution in [1.82, 2.24) is 0 Å². The lowest BCUT2D eigenvalue weighted by molar-refractivity contribution is -0.119. The molecule has 1 aromatic heterocycles. The summed E-state index contributed by atoms with van der Waals surface area (Å²) in [5.74, 6) is -1.22. The van der Waals surface area contributed by atoms with Gasteiger partial charge in [-0.15, -0.1) is 11.3 Å². The highest BCUT2D eigenvalue weighted by atomic mass is 32.2. The van der Waals surface area contributed by atoms with Crippen LogP contribution < -0.4 is 5.32 Å². The molecule has 8 heteroatoms. The standard InChI is InChI=1S/C18H16N2O4S2/c1-26(23)15-8-3-2-5-12(15)18(22)24-10-16(21)20-17-13(9-19)11-6-4-7-14(11)25-17/h2-3,5,8H,4,6-7,10H2,1H3,(H,20,21)/t26-/m1/s1. The quantitative estimate of drug-likeness (QED) is 0.795. The van der Waals surface area contributed by atoms with Crippen LogP contribution in [0.25, 0.3) is 0 Å². The molecule has 1 aliphatic carbocycles. The number of hydrogen-bond acceptors (Lipinski definition) is 6. The fraction of sp³-hybridized carbons (Fsp3) is 0.278. The van der Waals surface area contributed by atoms with Crippen LogP contribution in [0.4, 0.5) is 5.00 Å². The maximum Gasteiger partial charge on any atom is 0.339 e. The molecule has 3 rings (SSSR count). The second kappa shape index (κ2) is 7.81. The highest BCUT2D eigenvalue weighted by Gasteiger charge is 2.23. The van der Waals surface area contributed by atoms with Gasteiger partial charge < -0.3 is 10.1 Å². The molecule has 1 atom stereocenters. The number of fused-ring (bicyclic) bond motifs is 1. The van der Waals surface area contributed by atoms with Gasteiger partial charge in [-0.25, -0.2) is 4.79 Å². The van der Waals surface area contributed by atoms with Gasteiger partial charge in [0, 0.05) is 11.1 Å². The molecule has 0 aliphatic heterocycles. The van der Waals surface area contributed by atoms with Crippen molar-refractivity contribution in [2.45, 2.75) is 24.2 Å². The van der Waals surface area contributed by atoms with Crippen molar-refractivity contribution in [3.8, 4) is 6.07 Å².